The fourth-order valence-electron chi connectivity index (χ4n) is 0.981. The zero-order valence-corrected chi connectivity index (χ0v) is 11.7. The number of rotatable bonds is 2. The SMILES string of the molecule is NC(=O)Nc1cc([As](=O)(O)O)cc(I)c1O. The molecular weight excluding hydrogens is 394 g/mol. The van der Waals surface area contributed by atoms with Gasteiger partial charge in [0.05, 0.1) is 0 Å². The van der Waals surface area contributed by atoms with Crippen LogP contribution in [0, 0.1) is 3.57 Å². The molecule has 1 aromatic rings. The van der Waals surface area contributed by atoms with Crippen LogP contribution in [0.3, 0.4) is 0 Å². The molecule has 0 aliphatic heterocycles. The van der Waals surface area contributed by atoms with Gasteiger partial charge in [-0.25, -0.2) is 0 Å². The van der Waals surface area contributed by atoms with Crippen LogP contribution in [-0.4, -0.2) is 33.5 Å². The van der Waals surface area contributed by atoms with Crippen LogP contribution in [0.25, 0.3) is 0 Å². The van der Waals surface area contributed by atoms with E-state index in [1.54, 1.807) is 22.6 Å². The monoisotopic (exact) mass is 402 g/mol. The minimum atomic E-state index is -5.07. The van der Waals surface area contributed by atoms with Crippen molar-refractivity contribution in [3.05, 3.63) is 15.7 Å². The molecule has 0 spiro atoms. The van der Waals surface area contributed by atoms with Gasteiger partial charge in [0.25, 0.3) is 0 Å². The molecule has 0 aliphatic rings. The van der Waals surface area contributed by atoms with E-state index in [2.05, 4.69) is 5.32 Å². The summed E-state index contributed by atoms with van der Waals surface area (Å²) in [6.07, 6.45) is 0. The van der Waals surface area contributed by atoms with Crippen LogP contribution < -0.4 is 15.4 Å². The summed E-state index contributed by atoms with van der Waals surface area (Å²) in [7, 11) is 0. The van der Waals surface area contributed by atoms with Crippen LogP contribution in [-0.2, 0) is 3.74 Å². The predicted octanol–water partition coefficient (Wildman–Crippen LogP) is -0.952. The number of aromatic hydroxyl groups is 1. The summed E-state index contributed by atoms with van der Waals surface area (Å²) in [6, 6.07) is 1.23. The van der Waals surface area contributed by atoms with Crippen LogP contribution in [0.15, 0.2) is 12.1 Å². The molecule has 0 saturated carbocycles. The Balaban J connectivity index is 3.33. The zero-order valence-electron chi connectivity index (χ0n) is 7.72. The summed E-state index contributed by atoms with van der Waals surface area (Å²) < 4.78 is 29.0. The number of phenols is 1. The quantitative estimate of drug-likeness (QED) is 0.247. The van der Waals surface area contributed by atoms with Gasteiger partial charge in [-0.2, -0.15) is 0 Å². The molecule has 0 unspecified atom stereocenters. The van der Waals surface area contributed by atoms with Crippen molar-refractivity contribution in [1.29, 1.82) is 0 Å². The van der Waals surface area contributed by atoms with Gasteiger partial charge in [-0.1, -0.05) is 0 Å². The molecule has 16 heavy (non-hydrogen) atoms. The number of hydrogen-bond donors (Lipinski definition) is 5. The third kappa shape index (κ3) is 3.14. The molecule has 0 aliphatic carbocycles. The van der Waals surface area contributed by atoms with E-state index >= 15 is 0 Å². The Hall–Kier alpha value is -0.702. The minimum absolute atomic E-state index is 0.126. The van der Waals surface area contributed by atoms with Crippen molar-refractivity contribution in [3.8, 4) is 5.75 Å². The Kier molecular flexibility index (Phi) is 3.89. The molecule has 0 saturated heterocycles. The second kappa shape index (κ2) is 4.66. The van der Waals surface area contributed by atoms with E-state index in [4.69, 9.17) is 13.9 Å². The predicted molar refractivity (Wildman–Crippen MR) is 64.5 cm³/mol. The average molecular weight is 402 g/mol. The van der Waals surface area contributed by atoms with Crippen molar-refractivity contribution in [1.82, 2.24) is 0 Å². The van der Waals surface area contributed by atoms with Crippen LogP contribution in [0.1, 0.15) is 0 Å². The van der Waals surface area contributed by atoms with Crippen molar-refractivity contribution in [2.24, 2.45) is 5.73 Å². The second-order valence-corrected chi connectivity index (χ2v) is 7.39. The average Bonchev–Trinajstić information content (AvgIpc) is 2.10. The second-order valence-electron chi connectivity index (χ2n) is 2.86. The normalized spacial score (nSPS) is 11.2. The van der Waals surface area contributed by atoms with Gasteiger partial charge in [-0.15, -0.1) is 0 Å². The number of urea groups is 1. The number of benzene rings is 1. The van der Waals surface area contributed by atoms with E-state index in [-0.39, 0.29) is 19.4 Å². The van der Waals surface area contributed by atoms with E-state index < -0.39 is 20.2 Å². The molecule has 0 bridgehead atoms. The number of anilines is 1. The molecule has 1 aromatic carbocycles. The summed E-state index contributed by atoms with van der Waals surface area (Å²) in [4.78, 5) is 10.6. The molecule has 88 valence electrons. The molecule has 1 rings (SSSR count). The van der Waals surface area contributed by atoms with Gasteiger partial charge in [-0.3, -0.25) is 0 Å². The molecule has 0 radical (unpaired) electrons. The maximum absolute atomic E-state index is 11.1. The third-order valence-electron chi connectivity index (χ3n) is 1.64. The van der Waals surface area contributed by atoms with Gasteiger partial charge in [0.15, 0.2) is 0 Å². The Morgan fingerprint density at radius 2 is 2.00 bits per heavy atom. The van der Waals surface area contributed by atoms with Crippen molar-refractivity contribution >= 4 is 52.8 Å². The summed E-state index contributed by atoms with van der Waals surface area (Å²) >= 11 is -3.38. The summed E-state index contributed by atoms with van der Waals surface area (Å²) in [6.45, 7) is 0. The van der Waals surface area contributed by atoms with Crippen molar-refractivity contribution in [3.63, 3.8) is 0 Å². The van der Waals surface area contributed by atoms with E-state index in [1.165, 1.54) is 0 Å². The number of nitrogens with two attached hydrogens (primary N) is 1. The van der Waals surface area contributed by atoms with Crippen LogP contribution in [0.4, 0.5) is 10.5 Å². The first kappa shape index (κ1) is 13.4. The molecule has 6 N–H and O–H groups in total. The molecule has 2 amide bonds. The number of halogens is 1. The van der Waals surface area contributed by atoms with Gasteiger partial charge >= 0.3 is 107 Å². The van der Waals surface area contributed by atoms with Crippen LogP contribution in [0.2, 0.25) is 0 Å². The first-order valence-corrected chi connectivity index (χ1v) is 8.33. The first-order valence-electron chi connectivity index (χ1n) is 3.87. The van der Waals surface area contributed by atoms with E-state index in [1.807, 2.05) is 0 Å². The Bertz CT molecular complexity index is 486. The number of phenolic OH excluding ortho intramolecular Hbond substituents is 1. The van der Waals surface area contributed by atoms with Crippen molar-refractivity contribution in [2.45, 2.75) is 0 Å². The Labute approximate surface area is 107 Å². The number of carbonyl (C=O) groups excluding carboxylic acids is 1. The Morgan fingerprint density at radius 1 is 1.44 bits per heavy atom. The molecule has 0 atom stereocenters. The van der Waals surface area contributed by atoms with Gasteiger partial charge in [0, 0.05) is 0 Å². The summed E-state index contributed by atoms with van der Waals surface area (Å²) in [5.41, 5.74) is 4.72. The maximum atomic E-state index is 11.1. The number of amides is 2. The van der Waals surface area contributed by atoms with Gasteiger partial charge in [0.1, 0.15) is 0 Å². The molecular formula is C7H8AsIN2O5. The molecule has 9 heteroatoms. The van der Waals surface area contributed by atoms with Crippen LogP contribution >= 0.6 is 22.6 Å². The zero-order chi connectivity index (χ0) is 12.5. The van der Waals surface area contributed by atoms with E-state index in [9.17, 15) is 13.6 Å². The first-order chi connectivity index (χ1) is 7.21. The summed E-state index contributed by atoms with van der Waals surface area (Å²) in [5.74, 6) is -0.285. The van der Waals surface area contributed by atoms with E-state index in [0.717, 1.165) is 12.1 Å². The van der Waals surface area contributed by atoms with Gasteiger partial charge in [-0.05, 0) is 0 Å². The fourth-order valence-corrected chi connectivity index (χ4v) is 3.39. The third-order valence-corrected chi connectivity index (χ3v) is 4.42. The van der Waals surface area contributed by atoms with Gasteiger partial charge < -0.3 is 0 Å². The standard InChI is InChI=1S/C7H8AsIN2O5/c9-4-1-3(8(14,15)16)2-5(6(4)12)11-7(10)13/h1-2,12H,(H3,10,11,13)(H2,14,15,16). The summed E-state index contributed by atoms with van der Waals surface area (Å²) in [5, 5.41) is 11.6. The Morgan fingerprint density at radius 3 is 2.44 bits per heavy atom. The van der Waals surface area contributed by atoms with E-state index in [0.29, 0.717) is 0 Å². The number of hydrogen-bond acceptors (Lipinski definition) is 3. The topological polar surface area (TPSA) is 133 Å². The van der Waals surface area contributed by atoms with Gasteiger partial charge in [0.2, 0.25) is 0 Å². The molecule has 7 nitrogen and oxygen atoms in total. The number of carbonyl (C=O) groups is 1. The van der Waals surface area contributed by atoms with Crippen molar-refractivity contribution < 1.29 is 21.8 Å². The van der Waals surface area contributed by atoms with Crippen molar-refractivity contribution in [2.75, 3.05) is 5.32 Å². The molecule has 0 heterocycles. The molecule has 0 aromatic heterocycles. The molecule has 0 fully saturated rings. The van der Waals surface area contributed by atoms with Crippen LogP contribution in [0.5, 0.6) is 5.75 Å². The number of primary amides is 1. The number of nitrogens with one attached hydrogen (secondary N) is 1. The fraction of sp³-hybridized carbons (Fsp3) is 0.